The molecule has 0 unspecified atom stereocenters. The van der Waals surface area contributed by atoms with Gasteiger partial charge in [-0.1, -0.05) is 22.3 Å². The van der Waals surface area contributed by atoms with Gasteiger partial charge in [-0.05, 0) is 6.07 Å². The fraction of sp³-hybridized carbons (Fsp3) is 0.333. The lowest BCUT2D eigenvalue weighted by atomic mass is 10.3. The topological polar surface area (TPSA) is 121 Å². The third-order valence-electron chi connectivity index (χ3n) is 1.16. The molecule has 0 spiro atoms. The molecule has 0 radical (unpaired) electrons. The highest BCUT2D eigenvalue weighted by molar-refractivity contribution is 5.42. The minimum absolute atomic E-state index is 0. The fourth-order valence-electron chi connectivity index (χ4n) is 0.658. The maximum atomic E-state index is 10.3. The molecule has 0 heterocycles. The summed E-state index contributed by atoms with van der Waals surface area (Å²) in [7, 11) is 0. The van der Waals surface area contributed by atoms with Crippen LogP contribution in [0.15, 0.2) is 24.2 Å². The lowest BCUT2D eigenvalue weighted by Gasteiger charge is -1.90. The van der Waals surface area contributed by atoms with Crippen molar-refractivity contribution < 1.29 is 14.0 Å². The van der Waals surface area contributed by atoms with Gasteiger partial charge in [-0.25, -0.2) is 0 Å². The van der Waals surface area contributed by atoms with Gasteiger partial charge in [0.15, 0.2) is 0 Å². The Balaban J connectivity index is -0.000000172. The molecule has 3 N–H and O–H groups in total. The Morgan fingerprint density at radius 3 is 1.75 bits per heavy atom. The second kappa shape index (κ2) is 9.53. The molecule has 0 bridgehead atoms. The molecular weight excluding hydrogens is 214 g/mol. The van der Waals surface area contributed by atoms with Crippen molar-refractivity contribution in [2.45, 2.75) is 22.3 Å². The van der Waals surface area contributed by atoms with E-state index in [1.807, 2.05) is 0 Å². The zero-order valence-corrected chi connectivity index (χ0v) is 6.26. The first-order chi connectivity index (χ1) is 7.45. The van der Waals surface area contributed by atoms with Crippen molar-refractivity contribution in [1.29, 1.82) is 0 Å². The van der Waals surface area contributed by atoms with Gasteiger partial charge in [-0.3, -0.25) is 20.2 Å². The lowest BCUT2D eigenvalue weighted by Crippen LogP contribution is -1.91. The van der Waals surface area contributed by atoms with Crippen molar-refractivity contribution >= 4 is 11.4 Å². The van der Waals surface area contributed by atoms with Gasteiger partial charge >= 0.3 is 0 Å². The summed E-state index contributed by atoms with van der Waals surface area (Å²) in [4.78, 5) is 18.9. The van der Waals surface area contributed by atoms with Gasteiger partial charge in [0.05, 0.1) is 17.3 Å². The van der Waals surface area contributed by atoms with Crippen LogP contribution in [-0.2, 0) is 0 Å². The molecule has 0 aliphatic rings. The normalized spacial score (nSPS) is 9.12. The lowest BCUT2D eigenvalue weighted by molar-refractivity contribution is -0.394. The van der Waals surface area contributed by atoms with Crippen LogP contribution in [0.2, 0.25) is 2.82 Å². The smallest absolute Gasteiger partial charge is 0.276 e. The van der Waals surface area contributed by atoms with E-state index in [9.17, 15) is 20.2 Å². The van der Waals surface area contributed by atoms with Gasteiger partial charge in [0, 0.05) is 12.1 Å². The third kappa shape index (κ3) is 5.66. The molecule has 0 aliphatic heterocycles. The Labute approximate surface area is 99.3 Å². The highest BCUT2D eigenvalue weighted by atomic mass is 16.6. The minimum atomic E-state index is -0.824. The Hall–Kier alpha value is -2.02. The number of rotatable bonds is 2. The summed E-state index contributed by atoms with van der Waals surface area (Å²) in [5.74, 6) is 0. The molecule has 1 aromatic rings. The highest BCUT2D eigenvalue weighted by Gasteiger charge is 2.11. The van der Waals surface area contributed by atoms with E-state index in [1.165, 1.54) is 12.2 Å². The van der Waals surface area contributed by atoms with Crippen LogP contribution in [0.3, 0.4) is 0 Å². The number of nitro groups is 2. The molecule has 16 heavy (non-hydrogen) atoms. The minimum Gasteiger partial charge on any atom is -0.344 e. The van der Waals surface area contributed by atoms with Gasteiger partial charge in [-0.2, -0.15) is 0 Å². The summed E-state index contributed by atoms with van der Waals surface area (Å²) in [5, 5.41) is 20.5. The molecule has 0 saturated heterocycles. The Morgan fingerprint density at radius 1 is 1.19 bits per heavy atom. The molecule has 94 valence electrons. The molecular formula is C9H19N3O4. The number of nitrogens with zero attached hydrogens (tertiary/aromatic N) is 2. The maximum absolute atomic E-state index is 10.3. The molecule has 0 amide bonds. The van der Waals surface area contributed by atoms with Crippen molar-refractivity contribution in [1.82, 2.24) is 6.14 Å². The standard InChI is InChI=1S/C6H4N2O4.3CH4.H3N/c9-7(10)5-2-1-3-6(4-5)8(11)12;;;;/h1-4H;3*1H4;1H3/i4D;;;;/hT2. The van der Waals surface area contributed by atoms with Crippen molar-refractivity contribution in [3.8, 4) is 0 Å². The summed E-state index contributed by atoms with van der Waals surface area (Å²) in [5.41, 5.74) is -1.12. The van der Waals surface area contributed by atoms with Crippen LogP contribution in [0.5, 0.6) is 0 Å². The monoisotopic (exact) mass is 238 g/mol. The van der Waals surface area contributed by atoms with Crippen LogP contribution < -0.4 is 6.14 Å². The van der Waals surface area contributed by atoms with Crippen LogP contribution >= 0.6 is 0 Å². The predicted molar refractivity (Wildman–Crippen MR) is 65.0 cm³/mol. The van der Waals surface area contributed by atoms with E-state index in [4.69, 9.17) is 4.19 Å². The zero-order valence-electron chi connectivity index (χ0n) is 9.26. The van der Waals surface area contributed by atoms with Crippen molar-refractivity contribution in [2.75, 3.05) is 0 Å². The average Bonchev–Trinajstić information content (AvgIpc) is 2.18. The molecule has 7 heteroatoms. The van der Waals surface area contributed by atoms with Crippen LogP contribution in [0, 0.1) is 20.2 Å². The maximum Gasteiger partial charge on any atom is 0.276 e. The van der Waals surface area contributed by atoms with E-state index in [1.54, 1.807) is 0 Å². The first-order valence-corrected chi connectivity index (χ1v) is 2.92. The zero-order chi connectivity index (χ0) is 12.7. The van der Waals surface area contributed by atoms with E-state index in [2.05, 4.69) is 0 Å². The number of hydrogen-bond donors (Lipinski definition) is 1. The SMILES string of the molecule is C.C.C.[2H]c1c([N+](=O)[O-])cccc1[N+](=O)[O-].[3H]N[3H]. The average molecular weight is 238 g/mol. The van der Waals surface area contributed by atoms with Crippen molar-refractivity contribution in [3.05, 3.63) is 44.5 Å². The molecule has 0 aromatic heterocycles. The van der Waals surface area contributed by atoms with Crippen LogP contribution in [0.1, 0.15) is 23.7 Å². The first kappa shape index (κ1) is 14.0. The molecule has 0 atom stereocenters. The number of hydrogen-bond acceptors (Lipinski definition) is 5. The summed E-state index contributed by atoms with van der Waals surface area (Å²) in [6.07, 6.45) is 1.25. The van der Waals surface area contributed by atoms with Crippen molar-refractivity contribution in [3.63, 3.8) is 0 Å². The summed E-state index contributed by atoms with van der Waals surface area (Å²) in [6, 6.07) is 2.61. The van der Waals surface area contributed by atoms with E-state index in [0.29, 0.717) is 0 Å². The van der Waals surface area contributed by atoms with E-state index in [0.717, 1.165) is 12.1 Å². The van der Waals surface area contributed by atoms with Crippen LogP contribution in [0.25, 0.3) is 0 Å². The van der Waals surface area contributed by atoms with Crippen LogP contribution in [0.4, 0.5) is 11.4 Å². The molecule has 0 saturated carbocycles. The molecule has 1 rings (SSSR count). The summed E-state index contributed by atoms with van der Waals surface area (Å²) >= 11 is 0. The number of nitro benzene ring substituents is 2. The van der Waals surface area contributed by atoms with E-state index in [-0.39, 0.29) is 22.3 Å². The van der Waals surface area contributed by atoms with Gasteiger partial charge in [0.2, 0.25) is 0 Å². The van der Waals surface area contributed by atoms with Crippen molar-refractivity contribution in [2.24, 2.45) is 0 Å². The van der Waals surface area contributed by atoms with Gasteiger partial charge in [0.25, 0.3) is 11.4 Å². The first-order valence-electron chi connectivity index (χ1n) is 4.42. The highest BCUT2D eigenvalue weighted by Crippen LogP contribution is 2.18. The predicted octanol–water partition coefficient (Wildman–Crippen LogP) is 3.57. The molecule has 7 nitrogen and oxygen atoms in total. The Kier molecular flexibility index (Phi) is 8.33. The van der Waals surface area contributed by atoms with E-state index < -0.39 is 27.3 Å². The number of benzene rings is 1. The molecule has 1 aromatic carbocycles. The molecule has 0 aliphatic carbocycles. The van der Waals surface area contributed by atoms with Crippen LogP contribution in [-0.4, -0.2) is 9.85 Å². The third-order valence-corrected chi connectivity index (χ3v) is 1.16. The Morgan fingerprint density at radius 2 is 1.50 bits per heavy atom. The fourth-order valence-corrected chi connectivity index (χ4v) is 0.658. The Bertz CT molecular complexity index is 372. The second-order valence-corrected chi connectivity index (χ2v) is 1.94. The summed E-state index contributed by atoms with van der Waals surface area (Å²) < 4.78 is 18.4. The molecule has 0 fully saturated rings. The quantitative estimate of drug-likeness (QED) is 0.623. The van der Waals surface area contributed by atoms with Gasteiger partial charge in [-0.15, -0.1) is 0 Å². The second-order valence-electron chi connectivity index (χ2n) is 1.94. The van der Waals surface area contributed by atoms with E-state index >= 15 is 0 Å². The van der Waals surface area contributed by atoms with Gasteiger partial charge in [0.1, 0.15) is 2.82 Å². The summed E-state index contributed by atoms with van der Waals surface area (Å²) in [6.45, 7) is 0. The largest absolute Gasteiger partial charge is 0.344 e. The van der Waals surface area contributed by atoms with Gasteiger partial charge < -0.3 is 6.14 Å².